The molecule has 0 aromatic heterocycles. The smallest absolute Gasteiger partial charge is 0.339 e. The van der Waals surface area contributed by atoms with Gasteiger partial charge in [-0.25, -0.2) is 4.79 Å². The normalized spacial score (nSPS) is 11.9. The molecule has 1 aromatic carbocycles. The molecule has 1 rings (SSSR count). The van der Waals surface area contributed by atoms with Gasteiger partial charge >= 0.3 is 12.2 Å². The summed E-state index contributed by atoms with van der Waals surface area (Å²) in [6.45, 7) is 0. The van der Waals surface area contributed by atoms with Crippen LogP contribution in [0.4, 0.5) is 0 Å². The number of nitrogens with zero attached hydrogens (tertiary/aromatic N) is 1. The minimum atomic E-state index is -1.82. The average molecular weight is 211 g/mol. The van der Waals surface area contributed by atoms with Gasteiger partial charge in [0.2, 0.25) is 0 Å². The van der Waals surface area contributed by atoms with E-state index in [1.165, 1.54) is 31.4 Å². The lowest BCUT2D eigenvalue weighted by Crippen LogP contribution is -2.10. The van der Waals surface area contributed by atoms with E-state index in [9.17, 15) is 14.9 Å². The summed E-state index contributed by atoms with van der Waals surface area (Å²) in [5, 5.41) is 19.4. The molecule has 0 fully saturated rings. The molecule has 1 atom stereocenters. The lowest BCUT2D eigenvalue weighted by Gasteiger charge is -2.04. The van der Waals surface area contributed by atoms with E-state index < -0.39 is 17.1 Å². The van der Waals surface area contributed by atoms with E-state index in [1.807, 2.05) is 0 Å². The summed E-state index contributed by atoms with van der Waals surface area (Å²) in [5.41, 5.74) is 0.207. The third-order valence-corrected chi connectivity index (χ3v) is 1.81. The summed E-state index contributed by atoms with van der Waals surface area (Å²) in [4.78, 5) is 20.5. The molecule has 0 saturated heterocycles. The first-order valence-electron chi connectivity index (χ1n) is 4.06. The Kier molecular flexibility index (Phi) is 3.35. The summed E-state index contributed by atoms with van der Waals surface area (Å²) in [7, 11) is 1.21. The SMILES string of the molecule is COC(=O)c1cccc(C(O)[N+](=O)[O-])c1. The van der Waals surface area contributed by atoms with E-state index in [0.29, 0.717) is 0 Å². The number of rotatable bonds is 3. The van der Waals surface area contributed by atoms with Crippen molar-refractivity contribution < 1.29 is 19.6 Å². The molecule has 0 aliphatic carbocycles. The lowest BCUT2D eigenvalue weighted by molar-refractivity contribution is -0.578. The van der Waals surface area contributed by atoms with Crippen LogP contribution in [0.1, 0.15) is 22.1 Å². The zero-order valence-corrected chi connectivity index (χ0v) is 7.91. The Balaban J connectivity index is 3.02. The molecule has 0 amide bonds. The van der Waals surface area contributed by atoms with Gasteiger partial charge in [-0.2, -0.15) is 0 Å². The van der Waals surface area contributed by atoms with Crippen molar-refractivity contribution in [1.29, 1.82) is 0 Å². The quantitative estimate of drug-likeness (QED) is 0.344. The van der Waals surface area contributed by atoms with Crippen LogP contribution in [0.3, 0.4) is 0 Å². The van der Waals surface area contributed by atoms with E-state index in [-0.39, 0.29) is 11.1 Å². The molecular weight excluding hydrogens is 202 g/mol. The second-order valence-electron chi connectivity index (χ2n) is 2.78. The number of esters is 1. The second-order valence-corrected chi connectivity index (χ2v) is 2.78. The number of carbonyl (C=O) groups is 1. The summed E-state index contributed by atoms with van der Waals surface area (Å²) in [6, 6.07) is 5.47. The maximum Gasteiger partial charge on any atom is 0.339 e. The van der Waals surface area contributed by atoms with Crippen LogP contribution in [0.5, 0.6) is 0 Å². The molecule has 1 N–H and O–H groups in total. The van der Waals surface area contributed by atoms with E-state index >= 15 is 0 Å². The van der Waals surface area contributed by atoms with Crippen molar-refractivity contribution in [2.45, 2.75) is 6.23 Å². The van der Waals surface area contributed by atoms with Gasteiger partial charge in [0, 0.05) is 0 Å². The van der Waals surface area contributed by atoms with Gasteiger partial charge in [0.1, 0.15) is 0 Å². The van der Waals surface area contributed by atoms with Crippen molar-refractivity contribution in [2.24, 2.45) is 0 Å². The highest BCUT2D eigenvalue weighted by atomic mass is 16.7. The summed E-state index contributed by atoms with van der Waals surface area (Å²) in [6.07, 6.45) is -1.82. The molecule has 15 heavy (non-hydrogen) atoms. The van der Waals surface area contributed by atoms with Crippen LogP contribution in [0, 0.1) is 10.1 Å². The number of hydrogen-bond acceptors (Lipinski definition) is 5. The number of ether oxygens (including phenoxy) is 1. The van der Waals surface area contributed by atoms with Crippen molar-refractivity contribution in [1.82, 2.24) is 0 Å². The highest BCUT2D eigenvalue weighted by molar-refractivity contribution is 5.89. The summed E-state index contributed by atoms with van der Waals surface area (Å²) in [5.74, 6) is -0.604. The van der Waals surface area contributed by atoms with Gasteiger partial charge in [-0.05, 0) is 18.2 Å². The first-order chi connectivity index (χ1) is 7.06. The average Bonchev–Trinajstić information content (AvgIpc) is 2.27. The fourth-order valence-electron chi connectivity index (χ4n) is 1.07. The number of methoxy groups -OCH3 is 1. The number of aliphatic hydroxyl groups excluding tert-OH is 1. The molecule has 0 bridgehead atoms. The minimum absolute atomic E-state index is 0.0444. The zero-order chi connectivity index (χ0) is 11.4. The summed E-state index contributed by atoms with van der Waals surface area (Å²) >= 11 is 0. The molecule has 0 saturated carbocycles. The molecule has 6 nitrogen and oxygen atoms in total. The Labute approximate surface area is 85.2 Å². The molecular formula is C9H9NO5. The molecule has 80 valence electrons. The number of aliphatic hydroxyl groups is 1. The number of benzene rings is 1. The lowest BCUT2D eigenvalue weighted by atomic mass is 10.1. The van der Waals surface area contributed by atoms with Gasteiger partial charge in [0.05, 0.1) is 23.2 Å². The van der Waals surface area contributed by atoms with Crippen LogP contribution in [-0.2, 0) is 4.74 Å². The molecule has 0 heterocycles. The Hall–Kier alpha value is -1.95. The predicted octanol–water partition coefficient (Wildman–Crippen LogP) is 0.741. The molecule has 0 aliphatic rings. The minimum Gasteiger partial charge on any atom is -0.465 e. The molecule has 0 spiro atoms. The van der Waals surface area contributed by atoms with Crippen molar-refractivity contribution >= 4 is 5.97 Å². The fourth-order valence-corrected chi connectivity index (χ4v) is 1.07. The molecule has 0 aliphatic heterocycles. The highest BCUT2D eigenvalue weighted by Crippen LogP contribution is 2.15. The summed E-state index contributed by atoms with van der Waals surface area (Å²) < 4.78 is 4.44. The van der Waals surface area contributed by atoms with Crippen molar-refractivity contribution in [2.75, 3.05) is 7.11 Å². The maximum atomic E-state index is 11.1. The number of carbonyl (C=O) groups excluding carboxylic acids is 1. The molecule has 1 aromatic rings. The van der Waals surface area contributed by atoms with E-state index in [4.69, 9.17) is 5.11 Å². The van der Waals surface area contributed by atoms with Crippen LogP contribution in [0.15, 0.2) is 24.3 Å². The van der Waals surface area contributed by atoms with Crippen LogP contribution in [0.2, 0.25) is 0 Å². The Morgan fingerprint density at radius 1 is 1.60 bits per heavy atom. The highest BCUT2D eigenvalue weighted by Gasteiger charge is 2.19. The number of nitro groups is 1. The van der Waals surface area contributed by atoms with Crippen LogP contribution in [-0.4, -0.2) is 23.1 Å². The molecule has 1 unspecified atom stereocenters. The van der Waals surface area contributed by atoms with Gasteiger partial charge in [-0.1, -0.05) is 6.07 Å². The first-order valence-corrected chi connectivity index (χ1v) is 4.06. The maximum absolute atomic E-state index is 11.1. The van der Waals surface area contributed by atoms with Gasteiger partial charge in [0.25, 0.3) is 0 Å². The van der Waals surface area contributed by atoms with Crippen LogP contribution >= 0.6 is 0 Å². The second kappa shape index (κ2) is 4.52. The molecule has 6 heteroatoms. The van der Waals surface area contributed by atoms with Crippen molar-refractivity contribution in [3.8, 4) is 0 Å². The first kappa shape index (κ1) is 11.1. The third kappa shape index (κ3) is 2.50. The van der Waals surface area contributed by atoms with Crippen molar-refractivity contribution in [3.63, 3.8) is 0 Å². The fraction of sp³-hybridized carbons (Fsp3) is 0.222. The molecule has 0 radical (unpaired) electrons. The van der Waals surface area contributed by atoms with E-state index in [1.54, 1.807) is 0 Å². The predicted molar refractivity (Wildman–Crippen MR) is 49.7 cm³/mol. The zero-order valence-electron chi connectivity index (χ0n) is 7.91. The topological polar surface area (TPSA) is 89.7 Å². The van der Waals surface area contributed by atoms with Gasteiger partial charge in [-0.3, -0.25) is 10.1 Å². The Morgan fingerprint density at radius 2 is 2.27 bits per heavy atom. The van der Waals surface area contributed by atoms with Crippen LogP contribution in [0.25, 0.3) is 0 Å². The third-order valence-electron chi connectivity index (χ3n) is 1.81. The monoisotopic (exact) mass is 211 g/mol. The Morgan fingerprint density at radius 3 is 2.80 bits per heavy atom. The van der Waals surface area contributed by atoms with Gasteiger partial charge < -0.3 is 9.84 Å². The number of hydrogen-bond donors (Lipinski definition) is 1. The van der Waals surface area contributed by atoms with E-state index in [2.05, 4.69) is 4.74 Å². The van der Waals surface area contributed by atoms with Crippen LogP contribution < -0.4 is 0 Å². The Bertz CT molecular complexity index is 390. The largest absolute Gasteiger partial charge is 0.465 e. The standard InChI is InChI=1S/C9H9NO5/c1-15-9(12)7-4-2-3-6(5-7)8(11)10(13)14/h2-5,8,11H,1H3. The van der Waals surface area contributed by atoms with Crippen molar-refractivity contribution in [3.05, 3.63) is 45.5 Å². The van der Waals surface area contributed by atoms with E-state index in [0.717, 1.165) is 0 Å². The van der Waals surface area contributed by atoms with Gasteiger partial charge in [0.15, 0.2) is 0 Å². The van der Waals surface area contributed by atoms with Gasteiger partial charge in [-0.15, -0.1) is 0 Å².